The number of aromatic nitrogens is 3. The van der Waals surface area contributed by atoms with Gasteiger partial charge in [0, 0.05) is 34.1 Å². The maximum atomic E-state index is 12.8. The van der Waals surface area contributed by atoms with Crippen LogP contribution in [0.4, 0.5) is 5.13 Å². The van der Waals surface area contributed by atoms with Gasteiger partial charge >= 0.3 is 5.69 Å². The average Bonchev–Trinajstić information content (AvgIpc) is 3.21. The van der Waals surface area contributed by atoms with Gasteiger partial charge in [0.25, 0.3) is 5.56 Å². The molecule has 0 aliphatic carbocycles. The lowest BCUT2D eigenvalue weighted by Gasteiger charge is -2.12. The second-order valence-electron chi connectivity index (χ2n) is 7.03. The van der Waals surface area contributed by atoms with Gasteiger partial charge in [0.2, 0.25) is 5.91 Å². The molecule has 0 aliphatic heterocycles. The number of para-hydroxylation sites is 1. The molecule has 2 aromatic heterocycles. The molecule has 4 aromatic rings. The molecule has 0 atom stereocenters. The lowest BCUT2D eigenvalue weighted by Crippen LogP contribution is -2.41. The van der Waals surface area contributed by atoms with Gasteiger partial charge in [0.15, 0.2) is 5.13 Å². The van der Waals surface area contributed by atoms with Gasteiger partial charge in [0.05, 0.1) is 10.9 Å². The molecule has 0 saturated heterocycles. The van der Waals surface area contributed by atoms with Crippen molar-refractivity contribution in [2.75, 3.05) is 5.32 Å². The third-order valence-electron chi connectivity index (χ3n) is 4.92. The van der Waals surface area contributed by atoms with Crippen LogP contribution in [0.5, 0.6) is 0 Å². The molecule has 2 heterocycles. The summed E-state index contributed by atoms with van der Waals surface area (Å²) in [7, 11) is 0. The number of rotatable bonds is 6. The number of thiazole rings is 1. The maximum absolute atomic E-state index is 12.8. The quantitative estimate of drug-likeness (QED) is 0.441. The highest BCUT2D eigenvalue weighted by Gasteiger charge is 2.15. The zero-order valence-electron chi connectivity index (χ0n) is 17.0. The van der Waals surface area contributed by atoms with Crippen LogP contribution in [-0.2, 0) is 24.3 Å². The first kappa shape index (κ1) is 22.3. The monoisotopic (exact) mass is 488 g/mol. The van der Waals surface area contributed by atoms with Gasteiger partial charge in [-0.1, -0.05) is 35.3 Å². The molecule has 0 bridgehead atoms. The summed E-state index contributed by atoms with van der Waals surface area (Å²) < 4.78 is 2.42. The van der Waals surface area contributed by atoms with Gasteiger partial charge < -0.3 is 5.32 Å². The Morgan fingerprint density at radius 3 is 2.69 bits per heavy atom. The Hall–Kier alpha value is -2.94. The molecule has 0 radical (unpaired) electrons. The SMILES string of the molecule is CCn1c(=O)c2ccccc2n(CC(=O)Nc2ncc(Cc3cc(Cl)ccc3Cl)s2)c1=O. The van der Waals surface area contributed by atoms with Crippen LogP contribution in [0.25, 0.3) is 10.9 Å². The molecule has 0 fully saturated rings. The number of benzene rings is 2. The first-order valence-electron chi connectivity index (χ1n) is 9.78. The summed E-state index contributed by atoms with van der Waals surface area (Å²) >= 11 is 13.6. The molecule has 0 unspecified atom stereocenters. The van der Waals surface area contributed by atoms with E-state index in [0.29, 0.717) is 32.5 Å². The highest BCUT2D eigenvalue weighted by molar-refractivity contribution is 7.15. The Morgan fingerprint density at radius 2 is 1.91 bits per heavy atom. The second kappa shape index (κ2) is 9.28. The van der Waals surface area contributed by atoms with Crippen LogP contribution in [0.1, 0.15) is 17.4 Å². The van der Waals surface area contributed by atoms with Crippen LogP contribution < -0.4 is 16.6 Å². The largest absolute Gasteiger partial charge is 0.331 e. The number of fused-ring (bicyclic) bond motifs is 1. The normalized spacial score (nSPS) is 11.1. The molecule has 10 heteroatoms. The first-order valence-corrected chi connectivity index (χ1v) is 11.4. The van der Waals surface area contributed by atoms with Crippen LogP contribution in [0.3, 0.4) is 0 Å². The van der Waals surface area contributed by atoms with Crippen LogP contribution in [0.15, 0.2) is 58.3 Å². The van der Waals surface area contributed by atoms with Crippen molar-refractivity contribution in [2.24, 2.45) is 0 Å². The highest BCUT2D eigenvalue weighted by Crippen LogP contribution is 2.27. The Bertz CT molecular complexity index is 1440. The lowest BCUT2D eigenvalue weighted by molar-refractivity contribution is -0.116. The van der Waals surface area contributed by atoms with E-state index in [1.807, 2.05) is 0 Å². The second-order valence-corrected chi connectivity index (χ2v) is 8.99. The van der Waals surface area contributed by atoms with E-state index in [9.17, 15) is 14.4 Å². The van der Waals surface area contributed by atoms with Crippen molar-refractivity contribution in [1.29, 1.82) is 0 Å². The predicted molar refractivity (Wildman–Crippen MR) is 128 cm³/mol. The van der Waals surface area contributed by atoms with E-state index < -0.39 is 11.6 Å². The number of hydrogen-bond donors (Lipinski definition) is 1. The smallest absolute Gasteiger partial charge is 0.300 e. The molecule has 164 valence electrons. The van der Waals surface area contributed by atoms with Gasteiger partial charge in [-0.25, -0.2) is 9.78 Å². The summed E-state index contributed by atoms with van der Waals surface area (Å²) in [6.07, 6.45) is 2.19. The zero-order chi connectivity index (χ0) is 22.8. The highest BCUT2D eigenvalue weighted by atomic mass is 35.5. The van der Waals surface area contributed by atoms with Gasteiger partial charge in [-0.2, -0.15) is 0 Å². The van der Waals surface area contributed by atoms with E-state index in [1.54, 1.807) is 55.6 Å². The first-order chi connectivity index (χ1) is 15.4. The minimum atomic E-state index is -0.526. The van der Waals surface area contributed by atoms with Gasteiger partial charge in [-0.15, -0.1) is 11.3 Å². The predicted octanol–water partition coefficient (Wildman–Crippen LogP) is 4.18. The minimum Gasteiger partial charge on any atom is -0.300 e. The third kappa shape index (κ3) is 4.48. The number of nitrogens with zero attached hydrogens (tertiary/aromatic N) is 3. The molecule has 32 heavy (non-hydrogen) atoms. The number of amides is 1. The summed E-state index contributed by atoms with van der Waals surface area (Å²) in [4.78, 5) is 43.2. The summed E-state index contributed by atoms with van der Waals surface area (Å²) in [6.45, 7) is 1.69. The van der Waals surface area contributed by atoms with E-state index in [2.05, 4.69) is 10.3 Å². The van der Waals surface area contributed by atoms with E-state index >= 15 is 0 Å². The summed E-state index contributed by atoms with van der Waals surface area (Å²) in [5, 5.41) is 4.72. The van der Waals surface area contributed by atoms with Crippen LogP contribution >= 0.6 is 34.5 Å². The van der Waals surface area contributed by atoms with E-state index in [0.717, 1.165) is 15.0 Å². The standard InChI is InChI=1S/C22H18Cl2N4O3S/c1-2-27-20(30)16-5-3-4-6-18(16)28(22(27)31)12-19(29)26-21-25-11-15(32-21)10-13-9-14(23)7-8-17(13)24/h3-9,11H,2,10,12H2,1H3,(H,25,26,29). The minimum absolute atomic E-state index is 0.214. The molecule has 2 aromatic carbocycles. The van der Waals surface area contributed by atoms with Gasteiger partial charge in [-0.3, -0.25) is 18.7 Å². The van der Waals surface area contributed by atoms with Crippen LogP contribution in [0, 0.1) is 0 Å². The van der Waals surface area contributed by atoms with E-state index in [-0.39, 0.29) is 18.6 Å². The fourth-order valence-corrected chi connectivity index (χ4v) is 4.65. The third-order valence-corrected chi connectivity index (χ3v) is 6.44. The van der Waals surface area contributed by atoms with Crippen LogP contribution in [0.2, 0.25) is 10.0 Å². The number of halogens is 2. The number of hydrogen-bond acceptors (Lipinski definition) is 5. The molecule has 7 nitrogen and oxygen atoms in total. The van der Waals surface area contributed by atoms with Crippen molar-refractivity contribution in [1.82, 2.24) is 14.1 Å². The van der Waals surface area contributed by atoms with Crippen molar-refractivity contribution in [3.8, 4) is 0 Å². The van der Waals surface area contributed by atoms with Crippen molar-refractivity contribution in [2.45, 2.75) is 26.4 Å². The van der Waals surface area contributed by atoms with Crippen molar-refractivity contribution in [3.63, 3.8) is 0 Å². The molecule has 0 spiro atoms. The Labute approximate surface area is 196 Å². The van der Waals surface area contributed by atoms with E-state index in [1.165, 1.54) is 15.9 Å². The Balaban J connectivity index is 1.55. The number of carbonyl (C=O) groups excluding carboxylic acids is 1. The molecule has 1 amide bonds. The summed E-state index contributed by atoms with van der Waals surface area (Å²) in [5.41, 5.74) is 0.383. The molecule has 1 N–H and O–H groups in total. The lowest BCUT2D eigenvalue weighted by atomic mass is 10.1. The van der Waals surface area contributed by atoms with Crippen molar-refractivity contribution in [3.05, 3.63) is 90.0 Å². The average molecular weight is 489 g/mol. The fraction of sp³-hybridized carbons (Fsp3) is 0.182. The summed E-state index contributed by atoms with van der Waals surface area (Å²) in [5.74, 6) is -0.416. The number of carbonyl (C=O) groups is 1. The van der Waals surface area contributed by atoms with Crippen molar-refractivity contribution < 1.29 is 4.79 Å². The molecule has 0 saturated carbocycles. The molecule has 0 aliphatic rings. The maximum Gasteiger partial charge on any atom is 0.331 e. The number of anilines is 1. The van der Waals surface area contributed by atoms with Gasteiger partial charge in [0.1, 0.15) is 6.54 Å². The fourth-order valence-electron chi connectivity index (χ4n) is 3.42. The molecular formula is C22H18Cl2N4O3S. The molecule has 4 rings (SSSR count). The number of nitrogens with one attached hydrogen (secondary N) is 1. The van der Waals surface area contributed by atoms with Crippen LogP contribution in [-0.4, -0.2) is 20.0 Å². The summed E-state index contributed by atoms with van der Waals surface area (Å²) in [6, 6.07) is 12.0. The van der Waals surface area contributed by atoms with Gasteiger partial charge in [-0.05, 0) is 42.8 Å². The van der Waals surface area contributed by atoms with Crippen molar-refractivity contribution >= 4 is 56.5 Å². The Morgan fingerprint density at radius 1 is 1.12 bits per heavy atom. The van der Waals surface area contributed by atoms with E-state index in [4.69, 9.17) is 23.2 Å². The zero-order valence-corrected chi connectivity index (χ0v) is 19.3. The Kier molecular flexibility index (Phi) is 6.45. The molecular weight excluding hydrogens is 471 g/mol. The topological polar surface area (TPSA) is 86.0 Å².